The van der Waals surface area contributed by atoms with Gasteiger partial charge in [0.05, 0.1) is 16.9 Å². The first kappa shape index (κ1) is 17.3. The molecule has 0 N–H and O–H groups in total. The number of pyridine rings is 1. The fraction of sp³-hybridized carbons (Fsp3) is 0.381. The highest BCUT2D eigenvalue weighted by Crippen LogP contribution is 2.43. The van der Waals surface area contributed by atoms with Crippen molar-refractivity contribution in [2.24, 2.45) is 0 Å². The van der Waals surface area contributed by atoms with Crippen molar-refractivity contribution in [2.45, 2.75) is 52.4 Å². The van der Waals surface area contributed by atoms with Crippen LogP contribution < -0.4 is 4.74 Å². The highest BCUT2D eigenvalue weighted by molar-refractivity contribution is 6.56. The number of hydrogen-bond acceptors (Lipinski definition) is 4. The Morgan fingerprint density at radius 3 is 2.35 bits per heavy atom. The van der Waals surface area contributed by atoms with E-state index >= 15 is 0 Å². The van der Waals surface area contributed by atoms with Crippen molar-refractivity contribution in [1.29, 1.82) is 0 Å². The van der Waals surface area contributed by atoms with Gasteiger partial charge < -0.3 is 14.0 Å². The van der Waals surface area contributed by atoms with Gasteiger partial charge in [-0.25, -0.2) is 0 Å². The van der Waals surface area contributed by atoms with E-state index in [9.17, 15) is 0 Å². The molecule has 0 bridgehead atoms. The monoisotopic (exact) mass is 349 g/mol. The quantitative estimate of drug-likeness (QED) is 0.715. The molecule has 0 amide bonds. The van der Waals surface area contributed by atoms with Gasteiger partial charge >= 0.3 is 7.12 Å². The second-order valence-corrected chi connectivity index (χ2v) is 7.93. The summed E-state index contributed by atoms with van der Waals surface area (Å²) in [7, 11) is -0.408. The molecule has 0 atom stereocenters. The Balaban J connectivity index is 1.91. The second-order valence-electron chi connectivity index (χ2n) is 7.93. The summed E-state index contributed by atoms with van der Waals surface area (Å²) in [6.07, 6.45) is 1.81. The van der Waals surface area contributed by atoms with Crippen molar-refractivity contribution in [3.8, 4) is 5.75 Å². The van der Waals surface area contributed by atoms with E-state index in [1.54, 1.807) is 6.20 Å². The molecular weight excluding hydrogens is 325 g/mol. The van der Waals surface area contributed by atoms with Gasteiger partial charge in [0.15, 0.2) is 0 Å². The van der Waals surface area contributed by atoms with Gasteiger partial charge in [0, 0.05) is 17.3 Å². The number of ether oxygens (including phenoxy) is 1. The molecule has 1 saturated heterocycles. The molecule has 1 aromatic heterocycles. The van der Waals surface area contributed by atoms with Crippen LogP contribution in [0.5, 0.6) is 5.75 Å². The van der Waals surface area contributed by atoms with Crippen LogP contribution in [-0.4, -0.2) is 23.3 Å². The van der Waals surface area contributed by atoms with Crippen LogP contribution in [0, 0.1) is 0 Å². The molecular formula is C21H24BNO3. The lowest BCUT2D eigenvalue weighted by atomic mass is 9.73. The third-order valence-electron chi connectivity index (χ3n) is 5.68. The van der Waals surface area contributed by atoms with Gasteiger partial charge in [-0.1, -0.05) is 24.3 Å². The molecule has 5 heteroatoms. The highest BCUT2D eigenvalue weighted by Gasteiger charge is 2.52. The molecule has 134 valence electrons. The maximum absolute atomic E-state index is 6.31. The van der Waals surface area contributed by atoms with E-state index in [0.717, 1.165) is 33.6 Å². The molecule has 2 aliphatic rings. The van der Waals surface area contributed by atoms with Crippen LogP contribution in [0.4, 0.5) is 0 Å². The van der Waals surface area contributed by atoms with Crippen LogP contribution in [0.15, 0.2) is 48.1 Å². The molecule has 4 rings (SSSR count). The van der Waals surface area contributed by atoms with Crippen LogP contribution in [0.2, 0.25) is 0 Å². The smallest absolute Gasteiger partial charge is 0.487 e. The molecule has 26 heavy (non-hydrogen) atoms. The van der Waals surface area contributed by atoms with Crippen molar-refractivity contribution >= 4 is 12.7 Å². The van der Waals surface area contributed by atoms with Crippen LogP contribution in [0.25, 0.3) is 5.57 Å². The Morgan fingerprint density at radius 2 is 1.62 bits per heavy atom. The predicted octanol–water partition coefficient (Wildman–Crippen LogP) is 4.43. The maximum atomic E-state index is 6.31. The zero-order chi connectivity index (χ0) is 18.5. The number of fused-ring (bicyclic) bond motifs is 2. The summed E-state index contributed by atoms with van der Waals surface area (Å²) >= 11 is 0. The summed E-state index contributed by atoms with van der Waals surface area (Å²) in [6, 6.07) is 12.2. The summed E-state index contributed by atoms with van der Waals surface area (Å²) in [5.74, 6) is 0.858. The van der Waals surface area contributed by atoms with Crippen molar-refractivity contribution in [1.82, 2.24) is 4.98 Å². The van der Waals surface area contributed by atoms with E-state index in [2.05, 4.69) is 51.7 Å². The van der Waals surface area contributed by atoms with Gasteiger partial charge in [0.2, 0.25) is 0 Å². The van der Waals surface area contributed by atoms with E-state index in [1.165, 1.54) is 0 Å². The van der Waals surface area contributed by atoms with Gasteiger partial charge in [0.25, 0.3) is 0 Å². The largest absolute Gasteiger partial charge is 0.490 e. The molecule has 3 heterocycles. The number of aromatic nitrogens is 1. The molecule has 0 unspecified atom stereocenters. The summed E-state index contributed by atoms with van der Waals surface area (Å²) in [5.41, 5.74) is 4.41. The van der Waals surface area contributed by atoms with Gasteiger partial charge in [-0.3, -0.25) is 4.98 Å². The van der Waals surface area contributed by atoms with Crippen molar-refractivity contribution in [2.75, 3.05) is 0 Å². The zero-order valence-electron chi connectivity index (χ0n) is 16.0. The predicted molar refractivity (Wildman–Crippen MR) is 103 cm³/mol. The zero-order valence-corrected chi connectivity index (χ0v) is 16.0. The lowest BCUT2D eigenvalue weighted by Gasteiger charge is -2.32. The molecule has 0 radical (unpaired) electrons. The number of hydrogen-bond donors (Lipinski definition) is 0. The Hall–Kier alpha value is -2.11. The van der Waals surface area contributed by atoms with Gasteiger partial charge in [-0.05, 0) is 57.8 Å². The Labute approximate surface area is 155 Å². The first-order valence-electron chi connectivity index (χ1n) is 9.03. The number of para-hydroxylation sites is 1. The summed E-state index contributed by atoms with van der Waals surface area (Å²) in [5, 5.41) is 0. The fourth-order valence-corrected chi connectivity index (χ4v) is 3.43. The molecule has 4 nitrogen and oxygen atoms in total. The average Bonchev–Trinajstić information content (AvgIpc) is 2.75. The minimum absolute atomic E-state index is 0.377. The average molecular weight is 349 g/mol. The molecule has 1 fully saturated rings. The van der Waals surface area contributed by atoms with Gasteiger partial charge in [-0.2, -0.15) is 0 Å². The second kappa shape index (κ2) is 5.97. The number of nitrogens with zero attached hydrogens (tertiary/aromatic N) is 1. The number of benzene rings is 1. The highest BCUT2D eigenvalue weighted by atomic mass is 16.7. The van der Waals surface area contributed by atoms with Crippen LogP contribution in [0.3, 0.4) is 0 Å². The Morgan fingerprint density at radius 1 is 0.962 bits per heavy atom. The SMILES string of the molecule is C/C(B1OC(C)(C)C(C)(C)O1)=C1\c2ccccc2OCc2ncccc21. The van der Waals surface area contributed by atoms with Crippen LogP contribution in [-0.2, 0) is 15.9 Å². The van der Waals surface area contributed by atoms with Crippen LogP contribution in [0.1, 0.15) is 51.4 Å². The third kappa shape index (κ3) is 2.66. The first-order chi connectivity index (χ1) is 12.3. The van der Waals surface area contributed by atoms with E-state index < -0.39 is 7.12 Å². The Bertz CT molecular complexity index is 823. The third-order valence-corrected chi connectivity index (χ3v) is 5.68. The lowest BCUT2D eigenvalue weighted by molar-refractivity contribution is 0.00578. The van der Waals surface area contributed by atoms with E-state index in [4.69, 9.17) is 14.0 Å². The maximum Gasteiger partial charge on any atom is 0.490 e. The minimum atomic E-state index is -0.408. The van der Waals surface area contributed by atoms with E-state index in [1.807, 2.05) is 24.3 Å². The molecule has 2 aliphatic heterocycles. The summed E-state index contributed by atoms with van der Waals surface area (Å²) in [4.78, 5) is 4.54. The lowest BCUT2D eigenvalue weighted by Crippen LogP contribution is -2.41. The van der Waals surface area contributed by atoms with Gasteiger partial charge in [-0.15, -0.1) is 0 Å². The standard InChI is InChI=1S/C21H24BNO3/c1-14(22-25-20(2,3)21(4,5)26-22)19-15-10-8-12-23-17(15)13-24-18-11-7-6-9-16(18)19/h6-12H,13H2,1-5H3/b19-14+. The van der Waals surface area contributed by atoms with E-state index in [-0.39, 0.29) is 11.2 Å². The van der Waals surface area contributed by atoms with Crippen LogP contribution >= 0.6 is 0 Å². The van der Waals surface area contributed by atoms with Crippen molar-refractivity contribution < 1.29 is 14.0 Å². The minimum Gasteiger partial charge on any atom is -0.487 e. The molecule has 0 aliphatic carbocycles. The number of allylic oxidation sites excluding steroid dienone is 1. The van der Waals surface area contributed by atoms with Gasteiger partial charge in [0.1, 0.15) is 12.4 Å². The number of rotatable bonds is 1. The molecule has 0 saturated carbocycles. The van der Waals surface area contributed by atoms with Crippen molar-refractivity contribution in [3.63, 3.8) is 0 Å². The molecule has 1 aromatic carbocycles. The van der Waals surface area contributed by atoms with E-state index in [0.29, 0.717) is 6.61 Å². The normalized spacial score (nSPS) is 22.1. The Kier molecular flexibility index (Phi) is 3.97. The molecule has 2 aromatic rings. The summed E-state index contributed by atoms with van der Waals surface area (Å²) < 4.78 is 18.6. The topological polar surface area (TPSA) is 40.6 Å². The van der Waals surface area contributed by atoms with Crippen molar-refractivity contribution in [3.05, 3.63) is 64.9 Å². The summed E-state index contributed by atoms with van der Waals surface area (Å²) in [6.45, 7) is 10.8. The molecule has 0 spiro atoms. The first-order valence-corrected chi connectivity index (χ1v) is 9.03. The fourth-order valence-electron chi connectivity index (χ4n) is 3.43.